The Kier molecular flexibility index (Phi) is 46.9. The quantitative estimate of drug-likeness (QED) is 0.0261. The fraction of sp³-hybridized carbons (Fsp3) is 0.915. The minimum Gasteiger partial charge on any atom is -0.394 e. The Hall–Kier alpha value is -1.33. The summed E-state index contributed by atoms with van der Waals surface area (Å²) in [4.78, 5) is 13.1. The first-order chi connectivity index (χ1) is 33.3. The van der Waals surface area contributed by atoms with Crippen LogP contribution in [0.25, 0.3) is 0 Å². The minimum absolute atomic E-state index is 0.175. The predicted octanol–water partition coefficient (Wildman–Crippen LogP) is 14.6. The highest BCUT2D eigenvalue weighted by molar-refractivity contribution is 5.76. The van der Waals surface area contributed by atoms with Crippen LogP contribution in [0.1, 0.15) is 290 Å². The van der Waals surface area contributed by atoms with Crippen LogP contribution in [0.5, 0.6) is 0 Å². The van der Waals surface area contributed by atoms with E-state index in [0.717, 1.165) is 38.5 Å². The standard InChI is InChI=1S/C59H113NO8/c1-3-5-7-9-11-13-15-17-19-21-23-25-26-27-29-31-33-35-37-39-41-43-45-47-49-55(63)60-52(51-67-59-58(66)57(65)56(64)54(50-61)68-59)53(62)48-46-44-42-40-38-36-34-32-30-28-24-22-20-18-16-14-12-10-8-6-4-2/h27,29,46,48,52-54,56-59,61-62,64-66H,3-26,28,30-45,47,49-51H2,1-2H3,(H,60,63)/b29-27-,48-46+. The summed E-state index contributed by atoms with van der Waals surface area (Å²) in [6, 6.07) is -0.805. The third-order valence-electron chi connectivity index (χ3n) is 14.3. The Morgan fingerprint density at radius 1 is 0.485 bits per heavy atom. The van der Waals surface area contributed by atoms with E-state index >= 15 is 0 Å². The van der Waals surface area contributed by atoms with Crippen LogP contribution in [0.2, 0.25) is 0 Å². The van der Waals surface area contributed by atoms with Crippen LogP contribution in [0.15, 0.2) is 24.3 Å². The Labute approximate surface area is 419 Å². The van der Waals surface area contributed by atoms with Crippen LogP contribution in [0.4, 0.5) is 0 Å². The van der Waals surface area contributed by atoms with Crippen molar-refractivity contribution in [2.45, 2.75) is 333 Å². The van der Waals surface area contributed by atoms with Crippen molar-refractivity contribution in [1.29, 1.82) is 0 Å². The molecule has 7 atom stereocenters. The van der Waals surface area contributed by atoms with Gasteiger partial charge in [0.25, 0.3) is 0 Å². The molecule has 1 aliphatic heterocycles. The van der Waals surface area contributed by atoms with Crippen LogP contribution >= 0.6 is 0 Å². The van der Waals surface area contributed by atoms with Gasteiger partial charge in [-0.3, -0.25) is 4.79 Å². The van der Waals surface area contributed by atoms with E-state index in [1.807, 2.05) is 6.08 Å². The number of allylic oxidation sites excluding steroid dienone is 3. The van der Waals surface area contributed by atoms with Gasteiger partial charge in [-0.1, -0.05) is 263 Å². The second-order valence-corrected chi connectivity index (χ2v) is 20.8. The lowest BCUT2D eigenvalue weighted by molar-refractivity contribution is -0.302. The molecule has 1 aliphatic rings. The Balaban J connectivity index is 2.22. The monoisotopic (exact) mass is 964 g/mol. The Morgan fingerprint density at radius 2 is 0.824 bits per heavy atom. The first-order valence-corrected chi connectivity index (χ1v) is 29.6. The molecule has 0 radical (unpaired) electrons. The number of aliphatic hydroxyl groups excluding tert-OH is 5. The smallest absolute Gasteiger partial charge is 0.220 e. The number of ether oxygens (including phenoxy) is 2. The number of rotatable bonds is 51. The molecular formula is C59H113NO8. The molecule has 1 heterocycles. The van der Waals surface area contributed by atoms with Gasteiger partial charge < -0.3 is 40.3 Å². The molecule has 1 rings (SSSR count). The molecule has 0 aromatic heterocycles. The second-order valence-electron chi connectivity index (χ2n) is 20.8. The summed E-state index contributed by atoms with van der Waals surface area (Å²) in [5, 5.41) is 54.5. The zero-order valence-electron chi connectivity index (χ0n) is 44.6. The molecule has 1 saturated heterocycles. The molecule has 0 bridgehead atoms. The summed E-state index contributed by atoms with van der Waals surface area (Å²) < 4.78 is 11.3. The number of carbonyl (C=O) groups is 1. The molecule has 9 heteroatoms. The average molecular weight is 965 g/mol. The van der Waals surface area contributed by atoms with Crippen molar-refractivity contribution in [3.05, 3.63) is 24.3 Å². The average Bonchev–Trinajstić information content (AvgIpc) is 3.34. The van der Waals surface area contributed by atoms with Gasteiger partial charge in [0, 0.05) is 6.42 Å². The zero-order valence-corrected chi connectivity index (χ0v) is 44.6. The number of hydrogen-bond donors (Lipinski definition) is 6. The summed E-state index contributed by atoms with van der Waals surface area (Å²) in [7, 11) is 0. The summed E-state index contributed by atoms with van der Waals surface area (Å²) in [6.45, 7) is 3.82. The van der Waals surface area contributed by atoms with E-state index < -0.39 is 49.5 Å². The van der Waals surface area contributed by atoms with Gasteiger partial charge in [0.2, 0.25) is 5.91 Å². The van der Waals surface area contributed by atoms with E-state index in [1.54, 1.807) is 6.08 Å². The maximum atomic E-state index is 13.1. The zero-order chi connectivity index (χ0) is 49.4. The summed E-state index contributed by atoms with van der Waals surface area (Å²) in [5.41, 5.74) is 0. The molecule has 0 aromatic rings. The highest BCUT2D eigenvalue weighted by Gasteiger charge is 2.44. The van der Waals surface area contributed by atoms with Crippen molar-refractivity contribution in [2.24, 2.45) is 0 Å². The highest BCUT2D eigenvalue weighted by atomic mass is 16.7. The lowest BCUT2D eigenvalue weighted by atomic mass is 9.99. The van der Waals surface area contributed by atoms with Crippen LogP contribution in [-0.4, -0.2) is 87.5 Å². The molecule has 9 nitrogen and oxygen atoms in total. The SMILES string of the molecule is CCCCCCCCCCCCCC/C=C\CCCCCCCCCCC(=O)NC(COC1OC(CO)C(O)C(O)C1O)C(O)/C=C/CCCCCCCCCCCCCCCCCCCCC. The maximum absolute atomic E-state index is 13.1. The second kappa shape index (κ2) is 49.3. The van der Waals surface area contributed by atoms with Crippen molar-refractivity contribution < 1.29 is 39.8 Å². The van der Waals surface area contributed by atoms with Gasteiger partial charge in [-0.2, -0.15) is 0 Å². The molecular weight excluding hydrogens is 851 g/mol. The van der Waals surface area contributed by atoms with E-state index in [0.29, 0.717) is 6.42 Å². The fourth-order valence-electron chi connectivity index (χ4n) is 9.57. The van der Waals surface area contributed by atoms with Gasteiger partial charge in [0.15, 0.2) is 6.29 Å². The molecule has 1 amide bonds. The summed E-state index contributed by atoms with van der Waals surface area (Å²) in [6.07, 6.45) is 55.3. The molecule has 0 spiro atoms. The molecule has 68 heavy (non-hydrogen) atoms. The van der Waals surface area contributed by atoms with Gasteiger partial charge in [-0.05, 0) is 44.9 Å². The first kappa shape index (κ1) is 64.7. The maximum Gasteiger partial charge on any atom is 0.220 e. The van der Waals surface area contributed by atoms with Crippen LogP contribution < -0.4 is 5.32 Å². The summed E-state index contributed by atoms with van der Waals surface area (Å²) >= 11 is 0. The number of aliphatic hydroxyl groups is 5. The third-order valence-corrected chi connectivity index (χ3v) is 14.3. The molecule has 6 N–H and O–H groups in total. The fourth-order valence-corrected chi connectivity index (χ4v) is 9.57. The third kappa shape index (κ3) is 38.4. The first-order valence-electron chi connectivity index (χ1n) is 29.6. The largest absolute Gasteiger partial charge is 0.394 e. The molecule has 0 saturated carbocycles. The van der Waals surface area contributed by atoms with Gasteiger partial charge in [-0.25, -0.2) is 0 Å². The highest BCUT2D eigenvalue weighted by Crippen LogP contribution is 2.23. The lowest BCUT2D eigenvalue weighted by Crippen LogP contribution is -2.60. The molecule has 7 unspecified atom stereocenters. The van der Waals surface area contributed by atoms with E-state index in [1.165, 1.54) is 231 Å². The van der Waals surface area contributed by atoms with E-state index in [-0.39, 0.29) is 12.5 Å². The number of carbonyl (C=O) groups excluding carboxylic acids is 1. The van der Waals surface area contributed by atoms with Crippen LogP contribution in [-0.2, 0) is 14.3 Å². The van der Waals surface area contributed by atoms with Crippen molar-refractivity contribution in [1.82, 2.24) is 5.32 Å². The molecule has 402 valence electrons. The van der Waals surface area contributed by atoms with Gasteiger partial charge in [-0.15, -0.1) is 0 Å². The van der Waals surface area contributed by atoms with Crippen molar-refractivity contribution >= 4 is 5.91 Å². The van der Waals surface area contributed by atoms with E-state index in [2.05, 4.69) is 31.3 Å². The predicted molar refractivity (Wildman–Crippen MR) is 286 cm³/mol. The van der Waals surface area contributed by atoms with Gasteiger partial charge in [0.05, 0.1) is 25.4 Å². The van der Waals surface area contributed by atoms with E-state index in [9.17, 15) is 30.3 Å². The van der Waals surface area contributed by atoms with Gasteiger partial charge >= 0.3 is 0 Å². The minimum atomic E-state index is -1.57. The Bertz CT molecular complexity index is 1120. The van der Waals surface area contributed by atoms with Crippen LogP contribution in [0, 0.1) is 0 Å². The van der Waals surface area contributed by atoms with Gasteiger partial charge in [0.1, 0.15) is 24.4 Å². The van der Waals surface area contributed by atoms with Crippen LogP contribution in [0.3, 0.4) is 0 Å². The molecule has 0 aliphatic carbocycles. The molecule has 0 aromatic carbocycles. The lowest BCUT2D eigenvalue weighted by Gasteiger charge is -2.40. The van der Waals surface area contributed by atoms with E-state index in [4.69, 9.17) is 9.47 Å². The van der Waals surface area contributed by atoms with Crippen molar-refractivity contribution in [2.75, 3.05) is 13.2 Å². The van der Waals surface area contributed by atoms with Crippen molar-refractivity contribution in [3.8, 4) is 0 Å². The number of amides is 1. The number of hydrogen-bond acceptors (Lipinski definition) is 8. The number of unbranched alkanes of at least 4 members (excludes halogenated alkanes) is 39. The van der Waals surface area contributed by atoms with Crippen molar-refractivity contribution in [3.63, 3.8) is 0 Å². The number of nitrogens with one attached hydrogen (secondary N) is 1. The Morgan fingerprint density at radius 3 is 1.19 bits per heavy atom. The normalized spacial score (nSPS) is 19.7. The molecule has 1 fully saturated rings. The topological polar surface area (TPSA) is 149 Å². The summed E-state index contributed by atoms with van der Waals surface area (Å²) in [5.74, 6) is -0.175.